The molecular formula is C17H18N4O2S. The Balaban J connectivity index is 1.69. The van der Waals surface area contributed by atoms with Gasteiger partial charge in [0.05, 0.1) is 24.2 Å². The molecule has 1 aromatic carbocycles. The number of imidazole rings is 1. The van der Waals surface area contributed by atoms with E-state index in [0.29, 0.717) is 5.69 Å². The molecule has 0 spiro atoms. The number of aromatic amines is 1. The Morgan fingerprint density at radius 3 is 3.00 bits per heavy atom. The fourth-order valence-corrected chi connectivity index (χ4v) is 4.26. The number of H-pyrrole nitrogens is 1. The summed E-state index contributed by atoms with van der Waals surface area (Å²) >= 11 is 1.57. The topological polar surface area (TPSA) is 71.1 Å². The van der Waals surface area contributed by atoms with Crippen LogP contribution >= 0.6 is 11.3 Å². The lowest BCUT2D eigenvalue weighted by molar-refractivity contribution is 0.0594. The number of methoxy groups -OCH3 is 1. The summed E-state index contributed by atoms with van der Waals surface area (Å²) in [5.41, 5.74) is 2.42. The lowest BCUT2D eigenvalue weighted by Gasteiger charge is -2.22. The molecule has 1 saturated heterocycles. The Labute approximate surface area is 143 Å². The van der Waals surface area contributed by atoms with Crippen molar-refractivity contribution >= 4 is 34.3 Å². The standard InChI is InChI=1S/C17H18N4O2S/c1-10-14(16(22)23-2)20-15(24-10)13-8-5-9-21(13)17-18-11-6-3-4-7-12(11)19-17/h3-4,6-7,13H,5,8-9H2,1-2H3,(H,18,19). The Kier molecular flexibility index (Phi) is 3.72. The lowest BCUT2D eigenvalue weighted by atomic mass is 10.2. The van der Waals surface area contributed by atoms with E-state index in [1.54, 1.807) is 11.3 Å². The Morgan fingerprint density at radius 2 is 2.21 bits per heavy atom. The number of nitrogens with zero attached hydrogens (tertiary/aromatic N) is 3. The molecule has 6 nitrogen and oxygen atoms in total. The quantitative estimate of drug-likeness (QED) is 0.738. The minimum absolute atomic E-state index is 0.146. The highest BCUT2D eigenvalue weighted by Gasteiger charge is 2.32. The third kappa shape index (κ3) is 2.45. The van der Waals surface area contributed by atoms with Gasteiger partial charge in [0.25, 0.3) is 0 Å². The van der Waals surface area contributed by atoms with E-state index < -0.39 is 0 Å². The van der Waals surface area contributed by atoms with Crippen molar-refractivity contribution < 1.29 is 9.53 Å². The summed E-state index contributed by atoms with van der Waals surface area (Å²) in [6.07, 6.45) is 2.08. The maximum absolute atomic E-state index is 11.8. The van der Waals surface area contributed by atoms with E-state index in [2.05, 4.69) is 14.9 Å². The number of anilines is 1. The summed E-state index contributed by atoms with van der Waals surface area (Å²) < 4.78 is 4.82. The fourth-order valence-electron chi connectivity index (χ4n) is 3.20. The zero-order valence-electron chi connectivity index (χ0n) is 13.6. The number of carbonyl (C=O) groups is 1. The zero-order chi connectivity index (χ0) is 16.7. The number of esters is 1. The van der Waals surface area contributed by atoms with E-state index in [4.69, 9.17) is 9.72 Å². The Morgan fingerprint density at radius 1 is 1.38 bits per heavy atom. The van der Waals surface area contributed by atoms with Crippen molar-refractivity contribution in [3.8, 4) is 0 Å². The molecule has 1 aliphatic rings. The SMILES string of the molecule is COC(=O)c1nc(C2CCCN2c2nc3ccccc3[nH]2)sc1C. The van der Waals surface area contributed by atoms with Crippen molar-refractivity contribution in [2.24, 2.45) is 0 Å². The number of benzene rings is 1. The minimum atomic E-state index is -0.372. The highest BCUT2D eigenvalue weighted by Crippen LogP contribution is 2.38. The van der Waals surface area contributed by atoms with Crippen molar-refractivity contribution in [3.63, 3.8) is 0 Å². The first kappa shape index (κ1) is 15.1. The number of aryl methyl sites for hydroxylation is 1. The molecular weight excluding hydrogens is 324 g/mol. The van der Waals surface area contributed by atoms with Crippen LogP contribution in [0.25, 0.3) is 11.0 Å². The van der Waals surface area contributed by atoms with Gasteiger partial charge < -0.3 is 14.6 Å². The number of hydrogen-bond acceptors (Lipinski definition) is 6. The molecule has 1 atom stereocenters. The average molecular weight is 342 g/mol. The number of hydrogen-bond donors (Lipinski definition) is 1. The maximum Gasteiger partial charge on any atom is 0.357 e. The van der Waals surface area contributed by atoms with Crippen LogP contribution in [-0.2, 0) is 4.74 Å². The van der Waals surface area contributed by atoms with E-state index in [9.17, 15) is 4.79 Å². The zero-order valence-corrected chi connectivity index (χ0v) is 14.4. The molecule has 0 amide bonds. The van der Waals surface area contributed by atoms with Gasteiger partial charge in [-0.15, -0.1) is 11.3 Å². The van der Waals surface area contributed by atoms with Crippen molar-refractivity contribution in [1.82, 2.24) is 15.0 Å². The van der Waals surface area contributed by atoms with E-state index in [1.807, 2.05) is 31.2 Å². The number of para-hydroxylation sites is 2. The monoisotopic (exact) mass is 342 g/mol. The van der Waals surface area contributed by atoms with Gasteiger partial charge in [0.1, 0.15) is 5.01 Å². The van der Waals surface area contributed by atoms with E-state index in [0.717, 1.165) is 46.3 Å². The van der Waals surface area contributed by atoms with Crippen LogP contribution in [0, 0.1) is 6.92 Å². The number of carbonyl (C=O) groups excluding carboxylic acids is 1. The number of nitrogens with one attached hydrogen (secondary N) is 1. The number of aromatic nitrogens is 3. The molecule has 1 unspecified atom stereocenters. The second-order valence-electron chi connectivity index (χ2n) is 5.88. The molecule has 4 rings (SSSR count). The van der Waals surface area contributed by atoms with Gasteiger partial charge in [-0.2, -0.15) is 0 Å². The summed E-state index contributed by atoms with van der Waals surface area (Å²) in [6, 6.07) is 8.16. The molecule has 2 aromatic heterocycles. The first-order valence-electron chi connectivity index (χ1n) is 7.94. The minimum Gasteiger partial charge on any atom is -0.464 e. The maximum atomic E-state index is 11.8. The molecule has 0 radical (unpaired) electrons. The molecule has 1 fully saturated rings. The number of ether oxygens (including phenoxy) is 1. The second-order valence-corrected chi connectivity index (χ2v) is 7.11. The molecule has 24 heavy (non-hydrogen) atoms. The number of thiazole rings is 1. The van der Waals surface area contributed by atoms with Crippen LogP contribution in [0.5, 0.6) is 0 Å². The third-order valence-corrected chi connectivity index (χ3v) is 5.45. The first-order valence-corrected chi connectivity index (χ1v) is 8.76. The fraction of sp³-hybridized carbons (Fsp3) is 0.353. The van der Waals surface area contributed by atoms with Gasteiger partial charge >= 0.3 is 5.97 Å². The Hall–Kier alpha value is -2.41. The average Bonchev–Trinajstić information content (AvgIpc) is 3.30. The predicted molar refractivity (Wildman–Crippen MR) is 93.6 cm³/mol. The summed E-state index contributed by atoms with van der Waals surface area (Å²) in [5, 5.41) is 0.950. The largest absolute Gasteiger partial charge is 0.464 e. The van der Waals surface area contributed by atoms with Crippen molar-refractivity contribution in [2.45, 2.75) is 25.8 Å². The molecule has 124 valence electrons. The van der Waals surface area contributed by atoms with Crippen molar-refractivity contribution in [3.05, 3.63) is 39.8 Å². The summed E-state index contributed by atoms with van der Waals surface area (Å²) in [6.45, 7) is 2.84. The van der Waals surface area contributed by atoms with Gasteiger partial charge in [-0.05, 0) is 31.9 Å². The van der Waals surface area contributed by atoms with Crippen LogP contribution in [0.3, 0.4) is 0 Å². The molecule has 0 aliphatic carbocycles. The van der Waals surface area contributed by atoms with Crippen LogP contribution in [0.2, 0.25) is 0 Å². The smallest absolute Gasteiger partial charge is 0.357 e. The van der Waals surface area contributed by atoms with Gasteiger partial charge in [-0.3, -0.25) is 0 Å². The third-order valence-electron chi connectivity index (χ3n) is 4.38. The summed E-state index contributed by atoms with van der Waals surface area (Å²) in [4.78, 5) is 27.6. The van der Waals surface area contributed by atoms with Crippen LogP contribution in [0.15, 0.2) is 24.3 Å². The molecule has 1 aliphatic heterocycles. The van der Waals surface area contributed by atoms with Gasteiger partial charge in [0, 0.05) is 11.4 Å². The van der Waals surface area contributed by atoms with E-state index in [-0.39, 0.29) is 12.0 Å². The molecule has 1 N–H and O–H groups in total. The van der Waals surface area contributed by atoms with Crippen LogP contribution in [-0.4, -0.2) is 34.6 Å². The summed E-state index contributed by atoms with van der Waals surface area (Å²) in [7, 11) is 1.39. The predicted octanol–water partition coefficient (Wildman–Crippen LogP) is 3.46. The highest BCUT2D eigenvalue weighted by atomic mass is 32.1. The van der Waals surface area contributed by atoms with Gasteiger partial charge in [-0.25, -0.2) is 14.8 Å². The van der Waals surface area contributed by atoms with E-state index in [1.165, 1.54) is 7.11 Å². The molecule has 7 heteroatoms. The van der Waals surface area contributed by atoms with Gasteiger partial charge in [-0.1, -0.05) is 12.1 Å². The van der Waals surface area contributed by atoms with Gasteiger partial charge in [0.2, 0.25) is 5.95 Å². The normalized spacial score (nSPS) is 17.6. The molecule has 0 saturated carbocycles. The second kappa shape index (κ2) is 5.90. The van der Waals surface area contributed by atoms with Crippen LogP contribution in [0.4, 0.5) is 5.95 Å². The van der Waals surface area contributed by atoms with Gasteiger partial charge in [0.15, 0.2) is 5.69 Å². The summed E-state index contributed by atoms with van der Waals surface area (Å²) in [5.74, 6) is 0.495. The lowest BCUT2D eigenvalue weighted by Crippen LogP contribution is -2.23. The molecule has 0 bridgehead atoms. The van der Waals surface area contributed by atoms with E-state index >= 15 is 0 Å². The number of rotatable bonds is 3. The van der Waals surface area contributed by atoms with Crippen LogP contribution in [0.1, 0.15) is 39.3 Å². The van der Waals surface area contributed by atoms with Crippen LogP contribution < -0.4 is 4.90 Å². The van der Waals surface area contributed by atoms with Crippen molar-refractivity contribution in [1.29, 1.82) is 0 Å². The van der Waals surface area contributed by atoms with Crippen molar-refractivity contribution in [2.75, 3.05) is 18.6 Å². The molecule has 3 aromatic rings. The molecule has 3 heterocycles. The first-order chi connectivity index (χ1) is 11.7. The highest BCUT2D eigenvalue weighted by molar-refractivity contribution is 7.12. The Bertz CT molecular complexity index is 868. The number of fused-ring (bicyclic) bond motifs is 1.